The summed E-state index contributed by atoms with van der Waals surface area (Å²) in [6, 6.07) is 6.17. The first-order valence-corrected chi connectivity index (χ1v) is 5.88. The molecule has 8 heteroatoms. The highest BCUT2D eigenvalue weighted by atomic mass is 16.6. The summed E-state index contributed by atoms with van der Waals surface area (Å²) < 4.78 is 4.94. The largest absolute Gasteiger partial charge is 0.459 e. The first-order chi connectivity index (χ1) is 9.66. The molecule has 0 aliphatic rings. The Bertz CT molecular complexity index is 580. The van der Waals surface area contributed by atoms with Gasteiger partial charge in [-0.1, -0.05) is 0 Å². The minimum Gasteiger partial charge on any atom is -0.459 e. The monoisotopic (exact) mass is 277 g/mol. The van der Waals surface area contributed by atoms with Gasteiger partial charge in [0.05, 0.1) is 17.7 Å². The Labute approximate surface area is 114 Å². The van der Waals surface area contributed by atoms with Crippen molar-refractivity contribution in [1.29, 1.82) is 0 Å². The molecule has 20 heavy (non-hydrogen) atoms. The first-order valence-electron chi connectivity index (χ1n) is 5.88. The van der Waals surface area contributed by atoms with E-state index in [0.29, 0.717) is 18.9 Å². The van der Waals surface area contributed by atoms with Crippen LogP contribution in [0.1, 0.15) is 10.6 Å². The van der Waals surface area contributed by atoms with Crippen LogP contribution in [-0.4, -0.2) is 23.9 Å². The van der Waals surface area contributed by atoms with E-state index in [-0.39, 0.29) is 17.4 Å². The molecule has 2 aromatic heterocycles. The van der Waals surface area contributed by atoms with Crippen molar-refractivity contribution in [2.75, 3.05) is 18.4 Å². The summed E-state index contributed by atoms with van der Waals surface area (Å²) >= 11 is 0. The zero-order valence-corrected chi connectivity index (χ0v) is 10.5. The number of nitro groups is 1. The molecule has 2 rings (SSSR count). The number of nitrogens with one attached hydrogen (secondary N) is 3. The number of anilines is 1. The Balaban J connectivity index is 1.73. The van der Waals surface area contributed by atoms with Crippen LogP contribution < -0.4 is 15.6 Å². The van der Waals surface area contributed by atoms with Gasteiger partial charge in [0, 0.05) is 12.1 Å². The third kappa shape index (κ3) is 3.55. The molecule has 0 atom stereocenters. The van der Waals surface area contributed by atoms with Crippen LogP contribution in [0, 0.1) is 10.1 Å². The van der Waals surface area contributed by atoms with Gasteiger partial charge in [-0.05, 0) is 12.1 Å². The van der Waals surface area contributed by atoms with Crippen LogP contribution in [-0.2, 0) is 0 Å². The fourth-order valence-corrected chi connectivity index (χ4v) is 1.51. The van der Waals surface area contributed by atoms with Gasteiger partial charge >= 0.3 is 5.69 Å². The number of aromatic nitrogens is 1. The van der Waals surface area contributed by atoms with Gasteiger partial charge in [0.1, 0.15) is 6.54 Å². The number of carbonyl (C=O) groups excluding carboxylic acids is 1. The van der Waals surface area contributed by atoms with Gasteiger partial charge in [0.2, 0.25) is 0 Å². The van der Waals surface area contributed by atoms with Gasteiger partial charge in [0.15, 0.2) is 12.0 Å². The van der Waals surface area contributed by atoms with Gasteiger partial charge in [-0.2, -0.15) is 0 Å². The number of carbonyl (C=O) groups is 1. The third-order valence-electron chi connectivity index (χ3n) is 2.48. The molecule has 0 bridgehead atoms. The summed E-state index contributed by atoms with van der Waals surface area (Å²) in [5, 5.41) is 16.1. The van der Waals surface area contributed by atoms with Crippen molar-refractivity contribution >= 4 is 17.4 Å². The van der Waals surface area contributed by atoms with Crippen LogP contribution in [0.3, 0.4) is 0 Å². The molecule has 8 nitrogen and oxygen atoms in total. The molecule has 0 aliphatic heterocycles. The molecule has 2 heterocycles. The standard InChI is InChI=1S/C12H12N4O4/c17-12(10-2-1-7-20-10)14-6-5-13-11-4-3-9(8-15-11)16(18)19/h1-4,7-8H,5-6H2,(H,13,15)(H,14,17)/p+1. The molecule has 0 aromatic carbocycles. The lowest BCUT2D eigenvalue weighted by Crippen LogP contribution is -2.29. The second-order valence-electron chi connectivity index (χ2n) is 3.88. The molecule has 2 aromatic rings. The summed E-state index contributed by atoms with van der Waals surface area (Å²) in [6.07, 6.45) is 2.72. The third-order valence-corrected chi connectivity index (χ3v) is 2.48. The van der Waals surface area contributed by atoms with Crippen LogP contribution in [0.5, 0.6) is 0 Å². The van der Waals surface area contributed by atoms with Crippen molar-refractivity contribution in [3.8, 4) is 0 Å². The molecule has 1 amide bonds. The van der Waals surface area contributed by atoms with Crippen molar-refractivity contribution in [2.24, 2.45) is 0 Å². The molecule has 104 valence electrons. The van der Waals surface area contributed by atoms with Crippen LogP contribution in [0.4, 0.5) is 11.5 Å². The normalized spacial score (nSPS) is 10.0. The summed E-state index contributed by atoms with van der Waals surface area (Å²) in [5.74, 6) is 0.597. The summed E-state index contributed by atoms with van der Waals surface area (Å²) in [7, 11) is 0. The molecule has 0 unspecified atom stereocenters. The number of pyridine rings is 1. The van der Waals surface area contributed by atoms with E-state index < -0.39 is 4.92 Å². The number of hydrogen-bond acceptors (Lipinski definition) is 5. The molecule has 3 N–H and O–H groups in total. The van der Waals surface area contributed by atoms with E-state index in [1.165, 1.54) is 18.5 Å². The second kappa shape index (κ2) is 6.32. The van der Waals surface area contributed by atoms with Crippen molar-refractivity contribution < 1.29 is 19.1 Å². The topological polar surface area (TPSA) is 112 Å². The summed E-state index contributed by atoms with van der Waals surface area (Å²) in [5.41, 5.74) is -0.0123. The van der Waals surface area contributed by atoms with Crippen molar-refractivity contribution in [1.82, 2.24) is 5.32 Å². The average molecular weight is 277 g/mol. The predicted octanol–water partition coefficient (Wildman–Crippen LogP) is 0.844. The highest BCUT2D eigenvalue weighted by molar-refractivity contribution is 5.91. The molecule has 0 saturated carbocycles. The Hall–Kier alpha value is -2.90. The van der Waals surface area contributed by atoms with Gasteiger partial charge in [0.25, 0.3) is 11.7 Å². The van der Waals surface area contributed by atoms with E-state index in [1.807, 2.05) is 0 Å². The van der Waals surface area contributed by atoms with E-state index in [1.54, 1.807) is 18.2 Å². The van der Waals surface area contributed by atoms with Crippen molar-refractivity contribution in [2.45, 2.75) is 0 Å². The van der Waals surface area contributed by atoms with Crippen molar-refractivity contribution in [3.63, 3.8) is 0 Å². The lowest BCUT2D eigenvalue weighted by molar-refractivity contribution is -0.413. The maximum absolute atomic E-state index is 11.5. The van der Waals surface area contributed by atoms with Gasteiger partial charge < -0.3 is 9.73 Å². The lowest BCUT2D eigenvalue weighted by atomic mass is 10.4. The fourth-order valence-electron chi connectivity index (χ4n) is 1.51. The van der Waals surface area contributed by atoms with E-state index in [4.69, 9.17) is 4.42 Å². The van der Waals surface area contributed by atoms with Crippen molar-refractivity contribution in [3.05, 3.63) is 52.6 Å². The predicted molar refractivity (Wildman–Crippen MR) is 69.2 cm³/mol. The zero-order valence-electron chi connectivity index (χ0n) is 10.5. The van der Waals surface area contributed by atoms with Crippen LogP contribution in [0.15, 0.2) is 41.1 Å². The van der Waals surface area contributed by atoms with Crippen LogP contribution >= 0.6 is 0 Å². The molecular weight excluding hydrogens is 264 g/mol. The molecule has 0 saturated heterocycles. The smallest absolute Gasteiger partial charge is 0.308 e. The van der Waals surface area contributed by atoms with E-state index >= 15 is 0 Å². The van der Waals surface area contributed by atoms with E-state index in [9.17, 15) is 14.9 Å². The SMILES string of the molecule is O=C(NCCNc1ccc([N+](=O)[O-])c[nH+]1)c1ccco1. The number of aromatic amines is 1. The average Bonchev–Trinajstić information content (AvgIpc) is 2.98. The Kier molecular flexibility index (Phi) is 4.28. The maximum Gasteiger partial charge on any atom is 0.308 e. The number of rotatable bonds is 6. The highest BCUT2D eigenvalue weighted by Crippen LogP contribution is 2.07. The molecule has 0 aliphatic carbocycles. The molecular formula is C12H13N4O4+. The quantitative estimate of drug-likeness (QED) is 0.461. The molecule has 0 radical (unpaired) electrons. The van der Waals surface area contributed by atoms with Crippen LogP contribution in [0.2, 0.25) is 0 Å². The number of H-pyrrole nitrogens is 1. The minimum atomic E-state index is -0.482. The van der Waals surface area contributed by atoms with E-state index in [0.717, 1.165) is 0 Å². The first kappa shape index (κ1) is 13.5. The molecule has 0 fully saturated rings. The molecule has 0 spiro atoms. The van der Waals surface area contributed by atoms with E-state index in [2.05, 4.69) is 15.6 Å². The summed E-state index contributed by atoms with van der Waals surface area (Å²) in [6.45, 7) is 0.866. The van der Waals surface area contributed by atoms with Gasteiger partial charge in [-0.15, -0.1) is 0 Å². The lowest BCUT2D eigenvalue weighted by Gasteiger charge is -2.01. The number of furan rings is 1. The van der Waals surface area contributed by atoms with Gasteiger partial charge in [-0.3, -0.25) is 20.2 Å². The van der Waals surface area contributed by atoms with Gasteiger partial charge in [-0.25, -0.2) is 4.98 Å². The number of nitrogens with zero attached hydrogens (tertiary/aromatic N) is 1. The Morgan fingerprint density at radius 1 is 1.35 bits per heavy atom. The van der Waals surface area contributed by atoms with Crippen LogP contribution in [0.25, 0.3) is 0 Å². The summed E-state index contributed by atoms with van der Waals surface area (Å²) in [4.78, 5) is 24.3. The zero-order chi connectivity index (χ0) is 14.4. The Morgan fingerprint density at radius 2 is 2.20 bits per heavy atom. The highest BCUT2D eigenvalue weighted by Gasteiger charge is 2.10. The number of amides is 1. The second-order valence-corrected chi connectivity index (χ2v) is 3.88. The Morgan fingerprint density at radius 3 is 2.80 bits per heavy atom. The minimum absolute atomic E-state index is 0.0123. The number of hydrogen-bond donors (Lipinski definition) is 2. The maximum atomic E-state index is 11.5. The fraction of sp³-hybridized carbons (Fsp3) is 0.167.